The molecule has 0 saturated heterocycles. The minimum absolute atomic E-state index is 0.00342. The minimum Gasteiger partial charge on any atom is -0.368 e. The molecule has 0 spiro atoms. The molecule has 0 aromatic rings. The summed E-state index contributed by atoms with van der Waals surface area (Å²) in [6.07, 6.45) is 1.95. The van der Waals surface area contributed by atoms with E-state index in [0.717, 1.165) is 6.42 Å². The lowest BCUT2D eigenvalue weighted by molar-refractivity contribution is -0.114. The SMILES string of the molecule is N=C1C(=O)NCN=C1NCCCCCOP(=O)(O)O. The highest BCUT2D eigenvalue weighted by molar-refractivity contribution is 7.46. The number of amides is 1. The minimum atomic E-state index is -4.37. The smallest absolute Gasteiger partial charge is 0.368 e. The van der Waals surface area contributed by atoms with Gasteiger partial charge in [-0.05, 0) is 19.3 Å². The molecule has 1 aliphatic heterocycles. The van der Waals surface area contributed by atoms with E-state index in [1.807, 2.05) is 0 Å². The van der Waals surface area contributed by atoms with E-state index in [1.165, 1.54) is 0 Å². The number of phosphoric acid groups is 1. The number of aliphatic imine (C=N–C) groups is 1. The van der Waals surface area contributed by atoms with Gasteiger partial charge in [-0.15, -0.1) is 0 Å². The molecule has 0 aromatic heterocycles. The van der Waals surface area contributed by atoms with Crippen molar-refractivity contribution in [3.63, 3.8) is 0 Å². The molecule has 0 atom stereocenters. The average Bonchev–Trinajstić information content (AvgIpc) is 2.31. The molecule has 0 fully saturated rings. The van der Waals surface area contributed by atoms with Crippen molar-refractivity contribution in [2.75, 3.05) is 19.8 Å². The molecule has 0 aliphatic carbocycles. The summed E-state index contributed by atoms with van der Waals surface area (Å²) in [5, 5.41) is 12.7. The molecule has 19 heavy (non-hydrogen) atoms. The monoisotopic (exact) mass is 292 g/mol. The molecule has 1 rings (SSSR count). The third kappa shape index (κ3) is 6.44. The van der Waals surface area contributed by atoms with Crippen molar-refractivity contribution in [3.05, 3.63) is 0 Å². The summed E-state index contributed by atoms with van der Waals surface area (Å²) in [6, 6.07) is 0. The Balaban J connectivity index is 2.08. The number of nitrogens with one attached hydrogen (secondary N) is 3. The van der Waals surface area contributed by atoms with Crippen molar-refractivity contribution < 1.29 is 23.7 Å². The highest BCUT2D eigenvalue weighted by Crippen LogP contribution is 2.35. The highest BCUT2D eigenvalue weighted by Gasteiger charge is 2.19. The summed E-state index contributed by atoms with van der Waals surface area (Å²) in [5.41, 5.74) is -0.184. The van der Waals surface area contributed by atoms with Crippen LogP contribution in [0.3, 0.4) is 0 Å². The number of rotatable bonds is 7. The van der Waals surface area contributed by atoms with E-state index in [9.17, 15) is 9.36 Å². The quantitative estimate of drug-likeness (QED) is 0.312. The maximum Gasteiger partial charge on any atom is 0.469 e. The fraction of sp³-hybridized carbons (Fsp3) is 0.667. The van der Waals surface area contributed by atoms with Crippen LogP contribution in [-0.2, 0) is 13.9 Å². The molecule has 0 radical (unpaired) electrons. The van der Waals surface area contributed by atoms with Gasteiger partial charge in [0, 0.05) is 6.54 Å². The molecule has 1 amide bonds. The highest BCUT2D eigenvalue weighted by atomic mass is 31.2. The van der Waals surface area contributed by atoms with Gasteiger partial charge in [0.25, 0.3) is 5.91 Å². The van der Waals surface area contributed by atoms with Crippen LogP contribution in [0.5, 0.6) is 0 Å². The van der Waals surface area contributed by atoms with Crippen LogP contribution in [0.25, 0.3) is 0 Å². The van der Waals surface area contributed by atoms with Gasteiger partial charge in [-0.25, -0.2) is 9.56 Å². The number of amidine groups is 1. The second-order valence-electron chi connectivity index (χ2n) is 3.86. The number of carbonyl (C=O) groups excluding carboxylic acids is 1. The van der Waals surface area contributed by atoms with E-state index < -0.39 is 13.7 Å². The van der Waals surface area contributed by atoms with Crippen LogP contribution in [0.15, 0.2) is 4.99 Å². The van der Waals surface area contributed by atoms with Gasteiger partial charge in [0.05, 0.1) is 6.61 Å². The Morgan fingerprint density at radius 3 is 2.84 bits per heavy atom. The first-order chi connectivity index (χ1) is 8.90. The Bertz CT molecular complexity index is 419. The van der Waals surface area contributed by atoms with Crippen LogP contribution in [0.4, 0.5) is 0 Å². The summed E-state index contributed by atoms with van der Waals surface area (Å²) in [7, 11) is -4.37. The summed E-state index contributed by atoms with van der Waals surface area (Å²) >= 11 is 0. The van der Waals surface area contributed by atoms with Crippen LogP contribution in [0, 0.1) is 5.41 Å². The maximum absolute atomic E-state index is 11.1. The van der Waals surface area contributed by atoms with Crippen molar-refractivity contribution in [2.24, 2.45) is 4.99 Å². The number of nitrogens with zero attached hydrogens (tertiary/aromatic N) is 1. The molecule has 0 bridgehead atoms. The Labute approximate surface area is 110 Å². The molecule has 0 unspecified atom stereocenters. The third-order valence-corrected chi connectivity index (χ3v) is 2.83. The Morgan fingerprint density at radius 2 is 2.16 bits per heavy atom. The van der Waals surface area contributed by atoms with Gasteiger partial charge in [0.2, 0.25) is 0 Å². The zero-order valence-electron chi connectivity index (χ0n) is 10.3. The molecule has 9 nitrogen and oxygen atoms in total. The molecule has 0 aromatic carbocycles. The van der Waals surface area contributed by atoms with Crippen LogP contribution in [0.1, 0.15) is 19.3 Å². The first-order valence-corrected chi connectivity index (χ1v) is 7.29. The number of phosphoric ester groups is 1. The van der Waals surface area contributed by atoms with Gasteiger partial charge < -0.3 is 20.4 Å². The van der Waals surface area contributed by atoms with Crippen molar-refractivity contribution in [2.45, 2.75) is 19.3 Å². The predicted molar refractivity (Wildman–Crippen MR) is 68.0 cm³/mol. The normalized spacial score (nSPS) is 16.0. The van der Waals surface area contributed by atoms with E-state index in [2.05, 4.69) is 20.1 Å². The van der Waals surface area contributed by atoms with Gasteiger partial charge in [-0.1, -0.05) is 0 Å². The fourth-order valence-corrected chi connectivity index (χ4v) is 1.77. The van der Waals surface area contributed by atoms with Gasteiger partial charge >= 0.3 is 7.82 Å². The first kappa shape index (κ1) is 15.8. The molecule has 5 N–H and O–H groups in total. The summed E-state index contributed by atoms with van der Waals surface area (Å²) < 4.78 is 14.7. The van der Waals surface area contributed by atoms with Crippen molar-refractivity contribution >= 4 is 25.3 Å². The molecule has 10 heteroatoms. The second-order valence-corrected chi connectivity index (χ2v) is 5.10. The largest absolute Gasteiger partial charge is 0.469 e. The molecule has 1 aliphatic rings. The standard InChI is InChI=1S/C9H17N4O5P/c10-7-8(12-6-13-9(7)14)11-4-2-1-3-5-18-19(15,16)17/h10H,1-6H2,(H,11,12)(H,13,14)(H2,15,16,17). The number of hydrogen-bond acceptors (Lipinski definition) is 6. The summed E-state index contributed by atoms with van der Waals surface area (Å²) in [4.78, 5) is 32.0. The van der Waals surface area contributed by atoms with Crippen molar-refractivity contribution in [1.82, 2.24) is 10.6 Å². The fourth-order valence-electron chi connectivity index (χ4n) is 1.40. The van der Waals surface area contributed by atoms with Crippen LogP contribution in [-0.4, -0.2) is 47.1 Å². The van der Waals surface area contributed by atoms with E-state index >= 15 is 0 Å². The second kappa shape index (κ2) is 7.34. The van der Waals surface area contributed by atoms with Crippen molar-refractivity contribution in [1.29, 1.82) is 5.41 Å². The van der Waals surface area contributed by atoms with E-state index in [-0.39, 0.29) is 24.8 Å². The van der Waals surface area contributed by atoms with Crippen molar-refractivity contribution in [3.8, 4) is 0 Å². The van der Waals surface area contributed by atoms with Gasteiger partial charge in [-0.3, -0.25) is 14.7 Å². The molecular formula is C9H17N4O5P. The van der Waals surface area contributed by atoms with E-state index in [1.54, 1.807) is 0 Å². The van der Waals surface area contributed by atoms with E-state index in [0.29, 0.717) is 19.4 Å². The average molecular weight is 292 g/mol. The van der Waals surface area contributed by atoms with Crippen LogP contribution < -0.4 is 10.6 Å². The Hall–Kier alpha value is -1.28. The lowest BCUT2D eigenvalue weighted by atomic mass is 10.2. The number of hydrogen-bond donors (Lipinski definition) is 5. The van der Waals surface area contributed by atoms with Gasteiger partial charge in [-0.2, -0.15) is 0 Å². The summed E-state index contributed by atoms with van der Waals surface area (Å²) in [5.74, 6) is -0.178. The maximum atomic E-state index is 11.1. The Kier molecular flexibility index (Phi) is 6.10. The molecular weight excluding hydrogens is 275 g/mol. The molecule has 108 valence electrons. The van der Waals surface area contributed by atoms with Crippen LogP contribution in [0.2, 0.25) is 0 Å². The lowest BCUT2D eigenvalue weighted by Gasteiger charge is -2.15. The molecule has 1 heterocycles. The number of unbranched alkanes of at least 4 members (excludes halogenated alkanes) is 2. The topological polar surface area (TPSA) is 144 Å². The zero-order valence-corrected chi connectivity index (χ0v) is 11.2. The van der Waals surface area contributed by atoms with E-state index in [4.69, 9.17) is 15.2 Å². The van der Waals surface area contributed by atoms with Crippen LogP contribution >= 0.6 is 7.82 Å². The predicted octanol–water partition coefficient (Wildman–Crippen LogP) is -0.639. The molecule has 0 saturated carbocycles. The lowest BCUT2D eigenvalue weighted by Crippen LogP contribution is -2.46. The number of carbonyl (C=O) groups is 1. The third-order valence-electron chi connectivity index (χ3n) is 2.31. The zero-order chi connectivity index (χ0) is 14.3. The first-order valence-electron chi connectivity index (χ1n) is 5.75. The van der Waals surface area contributed by atoms with Gasteiger partial charge in [0.15, 0.2) is 11.5 Å². The summed E-state index contributed by atoms with van der Waals surface area (Å²) in [6.45, 7) is 0.702. The Morgan fingerprint density at radius 1 is 1.42 bits per heavy atom. The van der Waals surface area contributed by atoms with Gasteiger partial charge in [0.1, 0.15) is 6.67 Å².